The summed E-state index contributed by atoms with van der Waals surface area (Å²) >= 11 is 0. The number of fused-ring (bicyclic) bond motifs is 1. The number of amides is 1. The Morgan fingerprint density at radius 1 is 1.07 bits per heavy atom. The van der Waals surface area contributed by atoms with E-state index in [0.717, 1.165) is 19.3 Å². The maximum absolute atomic E-state index is 13.3. The predicted octanol–water partition coefficient (Wildman–Crippen LogP) is 2.44. The quantitative estimate of drug-likeness (QED) is 0.748. The van der Waals surface area contributed by atoms with Crippen molar-refractivity contribution in [2.75, 3.05) is 26.2 Å². The Balaban J connectivity index is 1.78. The number of aromatic nitrogens is 1. The van der Waals surface area contributed by atoms with Gasteiger partial charge in [-0.25, -0.2) is 8.42 Å². The lowest BCUT2D eigenvalue weighted by Crippen LogP contribution is -2.44. The van der Waals surface area contributed by atoms with Crippen molar-refractivity contribution in [1.29, 1.82) is 0 Å². The van der Waals surface area contributed by atoms with E-state index in [4.69, 9.17) is 0 Å². The Labute approximate surface area is 177 Å². The molecule has 0 aliphatic carbocycles. The minimum atomic E-state index is -3.64. The van der Waals surface area contributed by atoms with E-state index < -0.39 is 15.5 Å². The van der Waals surface area contributed by atoms with Crippen LogP contribution >= 0.6 is 0 Å². The molecule has 0 radical (unpaired) electrons. The van der Waals surface area contributed by atoms with Crippen molar-refractivity contribution in [2.24, 2.45) is 18.9 Å². The van der Waals surface area contributed by atoms with Gasteiger partial charge in [0.05, 0.1) is 10.4 Å². The Bertz CT molecular complexity index is 1140. The summed E-state index contributed by atoms with van der Waals surface area (Å²) in [7, 11) is -1.87. The molecule has 2 atom stereocenters. The molecule has 2 aliphatic heterocycles. The second-order valence-electron chi connectivity index (χ2n) is 8.93. The van der Waals surface area contributed by atoms with Crippen molar-refractivity contribution < 1.29 is 13.2 Å². The third kappa shape index (κ3) is 3.67. The summed E-state index contributed by atoms with van der Waals surface area (Å²) < 4.78 is 29.1. The number of likely N-dealkylation sites (tertiary alicyclic amines) is 1. The zero-order valence-electron chi connectivity index (χ0n) is 17.8. The van der Waals surface area contributed by atoms with Crippen LogP contribution in [0.4, 0.5) is 0 Å². The number of sulfonamides is 1. The molecule has 1 aromatic heterocycles. The summed E-state index contributed by atoms with van der Waals surface area (Å²) in [4.78, 5) is 28.3. The summed E-state index contributed by atoms with van der Waals surface area (Å²) in [5.41, 5.74) is 0.303. The maximum atomic E-state index is 13.3. The van der Waals surface area contributed by atoms with Crippen LogP contribution in [0.3, 0.4) is 0 Å². The van der Waals surface area contributed by atoms with Crippen LogP contribution in [0.25, 0.3) is 10.9 Å². The van der Waals surface area contributed by atoms with Crippen molar-refractivity contribution >= 4 is 26.8 Å². The van der Waals surface area contributed by atoms with Crippen LogP contribution in [0.1, 0.15) is 43.5 Å². The highest BCUT2D eigenvalue weighted by molar-refractivity contribution is 7.89. The van der Waals surface area contributed by atoms with E-state index in [2.05, 4.69) is 13.8 Å². The molecule has 30 heavy (non-hydrogen) atoms. The Morgan fingerprint density at radius 3 is 2.33 bits per heavy atom. The molecule has 1 amide bonds. The number of piperidine rings is 1. The molecule has 2 aromatic rings. The minimum absolute atomic E-state index is 0.0991. The average Bonchev–Trinajstić information content (AvgIpc) is 3.25. The first-order valence-electron chi connectivity index (χ1n) is 10.6. The molecule has 2 aliphatic rings. The van der Waals surface area contributed by atoms with Gasteiger partial charge in [0.15, 0.2) is 0 Å². The number of rotatable bonds is 3. The van der Waals surface area contributed by atoms with Gasteiger partial charge in [0.2, 0.25) is 15.5 Å². The van der Waals surface area contributed by atoms with Crippen LogP contribution in [0.15, 0.2) is 34.1 Å². The van der Waals surface area contributed by atoms with E-state index in [1.54, 1.807) is 34.8 Å². The summed E-state index contributed by atoms with van der Waals surface area (Å²) in [6.07, 6.45) is 4.34. The van der Waals surface area contributed by atoms with Gasteiger partial charge in [0, 0.05) is 44.8 Å². The van der Waals surface area contributed by atoms with Gasteiger partial charge in [-0.3, -0.25) is 9.59 Å². The van der Waals surface area contributed by atoms with Gasteiger partial charge in [0.1, 0.15) is 5.56 Å². The molecule has 0 bridgehead atoms. The molecule has 4 rings (SSSR count). The topological polar surface area (TPSA) is 79.7 Å². The number of hydrogen-bond acceptors (Lipinski definition) is 4. The molecule has 162 valence electrons. The molecule has 2 saturated heterocycles. The molecule has 8 heteroatoms. The second-order valence-corrected chi connectivity index (χ2v) is 10.9. The number of nitrogens with zero attached hydrogens (tertiary/aromatic N) is 3. The Hall–Kier alpha value is -2.19. The van der Waals surface area contributed by atoms with Crippen molar-refractivity contribution in [3.63, 3.8) is 0 Å². The predicted molar refractivity (Wildman–Crippen MR) is 116 cm³/mol. The highest BCUT2D eigenvalue weighted by Crippen LogP contribution is 2.25. The number of pyridine rings is 1. The van der Waals surface area contributed by atoms with Crippen LogP contribution in [-0.2, 0) is 17.1 Å². The van der Waals surface area contributed by atoms with Crippen molar-refractivity contribution in [1.82, 2.24) is 13.8 Å². The van der Waals surface area contributed by atoms with Crippen molar-refractivity contribution in [3.8, 4) is 0 Å². The highest BCUT2D eigenvalue weighted by Gasteiger charge is 2.30. The van der Waals surface area contributed by atoms with Gasteiger partial charge >= 0.3 is 0 Å². The molecule has 7 nitrogen and oxygen atoms in total. The third-order valence-electron chi connectivity index (χ3n) is 6.25. The van der Waals surface area contributed by atoms with Crippen LogP contribution in [0.2, 0.25) is 0 Å². The van der Waals surface area contributed by atoms with Crippen LogP contribution in [0, 0.1) is 11.8 Å². The molecule has 0 spiro atoms. The van der Waals surface area contributed by atoms with Gasteiger partial charge in [-0.15, -0.1) is 0 Å². The lowest BCUT2D eigenvalue weighted by atomic mass is 9.91. The first-order valence-corrected chi connectivity index (χ1v) is 12.1. The molecule has 0 unspecified atom stereocenters. The summed E-state index contributed by atoms with van der Waals surface area (Å²) in [5.74, 6) is 0.502. The second kappa shape index (κ2) is 7.81. The van der Waals surface area contributed by atoms with Gasteiger partial charge in [-0.2, -0.15) is 4.31 Å². The molecule has 3 heterocycles. The van der Waals surface area contributed by atoms with E-state index in [0.29, 0.717) is 43.5 Å². The van der Waals surface area contributed by atoms with Crippen LogP contribution in [0.5, 0.6) is 0 Å². The summed E-state index contributed by atoms with van der Waals surface area (Å²) in [6, 6.07) is 4.63. The first kappa shape index (κ1) is 21.1. The van der Waals surface area contributed by atoms with E-state index >= 15 is 0 Å². The zero-order chi connectivity index (χ0) is 21.6. The number of benzene rings is 1. The van der Waals surface area contributed by atoms with E-state index in [9.17, 15) is 18.0 Å². The molecule has 0 saturated carbocycles. The number of aryl methyl sites for hydroxylation is 1. The first-order chi connectivity index (χ1) is 14.2. The Kier molecular flexibility index (Phi) is 5.48. The fraction of sp³-hybridized carbons (Fsp3) is 0.545. The number of carbonyl (C=O) groups is 1. The van der Waals surface area contributed by atoms with E-state index in [1.165, 1.54) is 10.4 Å². The smallest absolute Gasteiger partial charge is 0.259 e. The average molecular weight is 432 g/mol. The molecule has 1 aromatic carbocycles. The van der Waals surface area contributed by atoms with Crippen LogP contribution < -0.4 is 5.43 Å². The Morgan fingerprint density at radius 2 is 1.70 bits per heavy atom. The molecular formula is C22H29N3O4S. The monoisotopic (exact) mass is 431 g/mol. The minimum Gasteiger partial charge on any atom is -0.350 e. The standard InChI is InChI=1S/C22H29N3O4S/c1-15-10-16(2)13-24(12-15)22(27)19-14-23(3)20-7-6-17(11-18(20)21(19)26)30(28,29)25-8-4-5-9-25/h6-7,11,14-16H,4-5,8-10,12-13H2,1-3H3/t15-,16-/m1/s1. The van der Waals surface area contributed by atoms with E-state index in [-0.39, 0.29) is 21.8 Å². The molecular weight excluding hydrogens is 402 g/mol. The zero-order valence-corrected chi connectivity index (χ0v) is 18.6. The fourth-order valence-electron chi connectivity index (χ4n) is 4.86. The normalized spacial score (nSPS) is 23.2. The largest absolute Gasteiger partial charge is 0.350 e. The fourth-order valence-corrected chi connectivity index (χ4v) is 6.40. The highest BCUT2D eigenvalue weighted by atomic mass is 32.2. The number of carbonyl (C=O) groups excluding carboxylic acids is 1. The number of hydrogen-bond donors (Lipinski definition) is 0. The van der Waals surface area contributed by atoms with Crippen molar-refractivity contribution in [3.05, 3.63) is 40.2 Å². The third-order valence-corrected chi connectivity index (χ3v) is 8.14. The van der Waals surface area contributed by atoms with Crippen molar-refractivity contribution in [2.45, 2.75) is 38.0 Å². The summed E-state index contributed by atoms with van der Waals surface area (Å²) in [6.45, 7) is 6.50. The lowest BCUT2D eigenvalue weighted by molar-refractivity contribution is 0.0621. The van der Waals surface area contributed by atoms with Gasteiger partial charge < -0.3 is 9.47 Å². The SMILES string of the molecule is C[C@@H]1C[C@@H](C)CN(C(=O)c2cn(C)c3ccc(S(=O)(=O)N4CCCC4)cc3c2=O)C1. The molecule has 0 N–H and O–H groups in total. The lowest BCUT2D eigenvalue weighted by Gasteiger charge is -2.35. The van der Waals surface area contributed by atoms with E-state index in [1.807, 2.05) is 0 Å². The molecule has 2 fully saturated rings. The van der Waals surface area contributed by atoms with Crippen LogP contribution in [-0.4, -0.2) is 54.3 Å². The summed E-state index contributed by atoms with van der Waals surface area (Å²) in [5, 5.41) is 0.265. The van der Waals surface area contributed by atoms with Gasteiger partial charge in [-0.1, -0.05) is 13.8 Å². The maximum Gasteiger partial charge on any atom is 0.259 e. The van der Waals surface area contributed by atoms with Gasteiger partial charge in [-0.05, 0) is 49.3 Å². The van der Waals surface area contributed by atoms with Gasteiger partial charge in [0.25, 0.3) is 5.91 Å².